The lowest BCUT2D eigenvalue weighted by Gasteiger charge is -2.07. The molecule has 0 amide bonds. The van der Waals surface area contributed by atoms with E-state index in [9.17, 15) is 8.42 Å². The third-order valence-electron chi connectivity index (χ3n) is 3.09. The maximum atomic E-state index is 12.4. The summed E-state index contributed by atoms with van der Waals surface area (Å²) in [5.74, 6) is 0. The molecule has 2 aromatic carbocycles. The molecule has 0 saturated heterocycles. The maximum absolute atomic E-state index is 12.4. The molecule has 0 bridgehead atoms. The molecule has 1 N–H and O–H groups in total. The molecule has 21 heavy (non-hydrogen) atoms. The molecule has 0 radical (unpaired) electrons. The summed E-state index contributed by atoms with van der Waals surface area (Å²) >= 11 is 1.01. The fourth-order valence-corrected chi connectivity index (χ4v) is 3.86. The van der Waals surface area contributed by atoms with Gasteiger partial charge in [-0.15, -0.1) is 0 Å². The predicted octanol–water partition coefficient (Wildman–Crippen LogP) is 2.48. The second kappa shape index (κ2) is 5.51. The molecule has 0 spiro atoms. The highest BCUT2D eigenvalue weighted by molar-refractivity contribution is 7.89. The van der Waals surface area contributed by atoms with Gasteiger partial charge in [0, 0.05) is 6.54 Å². The van der Waals surface area contributed by atoms with Crippen LogP contribution in [0.2, 0.25) is 0 Å². The van der Waals surface area contributed by atoms with Crippen LogP contribution in [-0.4, -0.2) is 17.2 Å². The molecule has 1 heterocycles. The van der Waals surface area contributed by atoms with Gasteiger partial charge in [0.05, 0.1) is 11.7 Å². The van der Waals surface area contributed by atoms with E-state index in [1.54, 1.807) is 18.2 Å². The van der Waals surface area contributed by atoms with Gasteiger partial charge < -0.3 is 0 Å². The quantitative estimate of drug-likeness (QED) is 0.802. The van der Waals surface area contributed by atoms with E-state index in [0.29, 0.717) is 11.0 Å². The summed E-state index contributed by atoms with van der Waals surface area (Å²) in [7, 11) is -3.61. The predicted molar refractivity (Wildman–Crippen MR) is 82.6 cm³/mol. The van der Waals surface area contributed by atoms with Crippen LogP contribution in [0.15, 0.2) is 47.4 Å². The van der Waals surface area contributed by atoms with Crippen LogP contribution in [0, 0.1) is 6.92 Å². The lowest BCUT2D eigenvalue weighted by Crippen LogP contribution is -2.23. The molecule has 1 aromatic heterocycles. The Morgan fingerprint density at radius 3 is 2.76 bits per heavy atom. The van der Waals surface area contributed by atoms with Gasteiger partial charge in [-0.1, -0.05) is 35.9 Å². The topological polar surface area (TPSA) is 72.0 Å². The normalized spacial score (nSPS) is 11.9. The van der Waals surface area contributed by atoms with Crippen molar-refractivity contribution in [3.8, 4) is 0 Å². The van der Waals surface area contributed by atoms with Crippen LogP contribution in [0.25, 0.3) is 11.0 Å². The van der Waals surface area contributed by atoms with Crippen molar-refractivity contribution in [1.29, 1.82) is 0 Å². The number of hydrogen-bond donors (Lipinski definition) is 1. The van der Waals surface area contributed by atoms with Gasteiger partial charge in [0.2, 0.25) is 10.0 Å². The zero-order valence-electron chi connectivity index (χ0n) is 11.3. The first kappa shape index (κ1) is 14.1. The van der Waals surface area contributed by atoms with Crippen LogP contribution in [0.4, 0.5) is 0 Å². The molecule has 0 saturated carbocycles. The van der Waals surface area contributed by atoms with Gasteiger partial charge in [-0.3, -0.25) is 0 Å². The molecule has 108 valence electrons. The van der Waals surface area contributed by atoms with Crippen molar-refractivity contribution in [2.75, 3.05) is 0 Å². The molecule has 0 atom stereocenters. The first-order chi connectivity index (χ1) is 10.1. The van der Waals surface area contributed by atoms with E-state index in [1.165, 1.54) is 0 Å². The molecule has 0 aliphatic heterocycles. The van der Waals surface area contributed by atoms with E-state index >= 15 is 0 Å². The van der Waals surface area contributed by atoms with E-state index in [-0.39, 0.29) is 11.4 Å². The number of fused-ring (bicyclic) bond motifs is 1. The van der Waals surface area contributed by atoms with Crippen molar-refractivity contribution in [3.05, 3.63) is 53.6 Å². The third kappa shape index (κ3) is 2.94. The van der Waals surface area contributed by atoms with Crippen molar-refractivity contribution >= 4 is 32.8 Å². The van der Waals surface area contributed by atoms with E-state index < -0.39 is 10.0 Å². The van der Waals surface area contributed by atoms with Crippen molar-refractivity contribution in [2.24, 2.45) is 0 Å². The second-order valence-electron chi connectivity index (χ2n) is 4.70. The highest BCUT2D eigenvalue weighted by atomic mass is 32.2. The number of sulfonamides is 1. The van der Waals surface area contributed by atoms with Gasteiger partial charge in [0.25, 0.3) is 0 Å². The van der Waals surface area contributed by atoms with Gasteiger partial charge in [-0.05, 0) is 24.6 Å². The Morgan fingerprint density at radius 1 is 1.14 bits per heavy atom. The summed E-state index contributed by atoms with van der Waals surface area (Å²) in [6.45, 7) is 2.22. The third-order valence-corrected chi connectivity index (χ3v) is 5.06. The van der Waals surface area contributed by atoms with Crippen LogP contribution in [0.5, 0.6) is 0 Å². The van der Waals surface area contributed by atoms with Crippen LogP contribution in [0.1, 0.15) is 11.1 Å². The average Bonchev–Trinajstić information content (AvgIpc) is 2.93. The van der Waals surface area contributed by atoms with Crippen LogP contribution in [0.3, 0.4) is 0 Å². The van der Waals surface area contributed by atoms with Crippen molar-refractivity contribution < 1.29 is 8.42 Å². The molecule has 0 aliphatic rings. The molecular formula is C14H13N3O2S2. The van der Waals surface area contributed by atoms with E-state index in [1.807, 2.05) is 31.2 Å². The fourth-order valence-electron chi connectivity index (χ4n) is 2.08. The first-order valence-electron chi connectivity index (χ1n) is 6.33. The minimum atomic E-state index is -3.61. The molecule has 0 fully saturated rings. The number of aryl methyl sites for hydroxylation is 1. The number of rotatable bonds is 4. The molecule has 3 aromatic rings. The fraction of sp³-hybridized carbons (Fsp3) is 0.143. The molecule has 0 unspecified atom stereocenters. The van der Waals surface area contributed by atoms with Crippen molar-refractivity contribution in [1.82, 2.24) is 13.5 Å². The standard InChI is InChI=1S/C14H13N3O2S2/c1-10-4-2-5-11(8-10)9-15-21(18,19)13-7-3-6-12-14(13)17-20-16-12/h2-8,15H,9H2,1H3. The highest BCUT2D eigenvalue weighted by Crippen LogP contribution is 2.21. The van der Waals surface area contributed by atoms with E-state index in [2.05, 4.69) is 13.5 Å². The Morgan fingerprint density at radius 2 is 1.95 bits per heavy atom. The summed E-state index contributed by atoms with van der Waals surface area (Å²) in [6, 6.07) is 12.7. The largest absolute Gasteiger partial charge is 0.243 e. The minimum absolute atomic E-state index is 0.168. The zero-order valence-corrected chi connectivity index (χ0v) is 12.9. The zero-order chi connectivity index (χ0) is 14.9. The Kier molecular flexibility index (Phi) is 3.71. The summed E-state index contributed by atoms with van der Waals surface area (Å²) in [5.41, 5.74) is 3.03. The number of nitrogens with one attached hydrogen (secondary N) is 1. The molecule has 5 nitrogen and oxygen atoms in total. The number of hydrogen-bond acceptors (Lipinski definition) is 5. The summed E-state index contributed by atoms with van der Waals surface area (Å²) in [4.78, 5) is 0.168. The van der Waals surface area contributed by atoms with Crippen LogP contribution >= 0.6 is 11.7 Å². The lowest BCUT2D eigenvalue weighted by atomic mass is 10.1. The Bertz CT molecular complexity index is 888. The maximum Gasteiger partial charge on any atom is 0.243 e. The molecule has 3 rings (SSSR count). The number of nitrogens with zero attached hydrogens (tertiary/aromatic N) is 2. The van der Waals surface area contributed by atoms with E-state index in [0.717, 1.165) is 22.9 Å². The monoisotopic (exact) mass is 319 g/mol. The summed E-state index contributed by atoms with van der Waals surface area (Å²) < 4.78 is 35.6. The highest BCUT2D eigenvalue weighted by Gasteiger charge is 2.19. The molecule has 0 aliphatic carbocycles. The Labute approximate surface area is 127 Å². The summed E-state index contributed by atoms with van der Waals surface area (Å²) in [5, 5.41) is 0. The first-order valence-corrected chi connectivity index (χ1v) is 8.54. The van der Waals surface area contributed by atoms with Crippen molar-refractivity contribution in [2.45, 2.75) is 18.4 Å². The van der Waals surface area contributed by atoms with Crippen molar-refractivity contribution in [3.63, 3.8) is 0 Å². The second-order valence-corrected chi connectivity index (χ2v) is 6.97. The SMILES string of the molecule is Cc1cccc(CNS(=O)(=O)c2cccc3nsnc23)c1. The summed E-state index contributed by atoms with van der Waals surface area (Å²) in [6.07, 6.45) is 0. The lowest BCUT2D eigenvalue weighted by molar-refractivity contribution is 0.582. The van der Waals surface area contributed by atoms with Gasteiger partial charge in [0.1, 0.15) is 15.9 Å². The average molecular weight is 319 g/mol. The minimum Gasteiger partial charge on any atom is -0.207 e. The smallest absolute Gasteiger partial charge is 0.207 e. The van der Waals surface area contributed by atoms with Gasteiger partial charge >= 0.3 is 0 Å². The van der Waals surface area contributed by atoms with Crippen LogP contribution in [-0.2, 0) is 16.6 Å². The Balaban J connectivity index is 1.89. The molecule has 7 heteroatoms. The van der Waals surface area contributed by atoms with Crippen LogP contribution < -0.4 is 4.72 Å². The van der Waals surface area contributed by atoms with Gasteiger partial charge in [-0.2, -0.15) is 8.75 Å². The molecular weight excluding hydrogens is 306 g/mol. The Hall–Kier alpha value is -1.83. The van der Waals surface area contributed by atoms with Gasteiger partial charge in [-0.25, -0.2) is 13.1 Å². The number of benzene rings is 2. The van der Waals surface area contributed by atoms with E-state index in [4.69, 9.17) is 0 Å². The number of aromatic nitrogens is 2. The van der Waals surface area contributed by atoms with Gasteiger partial charge in [0.15, 0.2) is 0 Å².